The predicted molar refractivity (Wildman–Crippen MR) is 108 cm³/mol. The minimum absolute atomic E-state index is 0.201. The molecule has 26 heavy (non-hydrogen) atoms. The van der Waals surface area contributed by atoms with Crippen molar-refractivity contribution in [3.63, 3.8) is 0 Å². The number of aryl methyl sites for hydroxylation is 1. The number of aromatic hydroxyl groups is 2. The number of piperazine rings is 1. The molecule has 1 aliphatic rings. The fourth-order valence-corrected chi connectivity index (χ4v) is 3.73. The van der Waals surface area contributed by atoms with Crippen LogP contribution in [0.1, 0.15) is 11.1 Å². The minimum Gasteiger partial charge on any atom is -0.504 e. The number of thiocarbonyl (C=S) groups is 1. The third-order valence-corrected chi connectivity index (χ3v) is 5.33. The lowest BCUT2D eigenvalue weighted by Gasteiger charge is -2.38. The van der Waals surface area contributed by atoms with Crippen molar-refractivity contribution in [2.45, 2.75) is 6.92 Å². The van der Waals surface area contributed by atoms with Gasteiger partial charge in [-0.3, -0.25) is 0 Å². The number of hydrogen-bond acceptors (Lipinski definition) is 5. The van der Waals surface area contributed by atoms with Crippen molar-refractivity contribution in [2.24, 2.45) is 0 Å². The van der Waals surface area contributed by atoms with Crippen LogP contribution in [0.5, 0.6) is 17.2 Å². The van der Waals surface area contributed by atoms with E-state index in [1.165, 1.54) is 13.2 Å². The van der Waals surface area contributed by atoms with Crippen LogP contribution in [-0.2, 0) is 0 Å². The molecule has 0 amide bonds. The summed E-state index contributed by atoms with van der Waals surface area (Å²) in [5.41, 5.74) is 2.82. The number of ether oxygens (including phenoxy) is 1. The zero-order valence-electron chi connectivity index (χ0n) is 14.7. The van der Waals surface area contributed by atoms with E-state index < -0.39 is 0 Å². The van der Waals surface area contributed by atoms with Crippen LogP contribution < -0.4 is 9.64 Å². The molecule has 5 nitrogen and oxygen atoms in total. The Hall–Kier alpha value is -2.18. The summed E-state index contributed by atoms with van der Waals surface area (Å²) < 4.78 is 5.09. The molecule has 0 aromatic heterocycles. The van der Waals surface area contributed by atoms with E-state index in [0.717, 1.165) is 42.5 Å². The fraction of sp³-hybridized carbons (Fsp3) is 0.316. The molecule has 1 heterocycles. The quantitative estimate of drug-likeness (QED) is 0.615. The lowest BCUT2D eigenvalue weighted by atomic mass is 10.1. The second-order valence-corrected chi connectivity index (χ2v) is 7.07. The van der Waals surface area contributed by atoms with Gasteiger partial charge in [0, 0.05) is 31.7 Å². The molecule has 0 radical (unpaired) electrons. The molecule has 1 aliphatic heterocycles. The Morgan fingerprint density at radius 2 is 1.81 bits per heavy atom. The Bertz CT molecular complexity index is 836. The van der Waals surface area contributed by atoms with Gasteiger partial charge in [0.1, 0.15) is 4.99 Å². The largest absolute Gasteiger partial charge is 0.504 e. The van der Waals surface area contributed by atoms with Crippen molar-refractivity contribution >= 4 is 34.5 Å². The number of nitrogens with zero attached hydrogens (tertiary/aromatic N) is 2. The number of rotatable bonds is 3. The molecule has 1 saturated heterocycles. The summed E-state index contributed by atoms with van der Waals surface area (Å²) in [5, 5.41) is 20.4. The lowest BCUT2D eigenvalue weighted by molar-refractivity contribution is 0.350. The van der Waals surface area contributed by atoms with Crippen molar-refractivity contribution in [1.29, 1.82) is 0 Å². The first kappa shape index (κ1) is 18.6. The highest BCUT2D eigenvalue weighted by Gasteiger charge is 2.22. The lowest BCUT2D eigenvalue weighted by Crippen LogP contribution is -2.48. The number of halogens is 1. The van der Waals surface area contributed by atoms with E-state index in [-0.39, 0.29) is 17.2 Å². The second kappa shape index (κ2) is 7.60. The fourth-order valence-electron chi connectivity index (χ4n) is 3.07. The standard InChI is InChI=1S/C19H21ClN2O3S/c1-12-3-4-15(14(20)9-12)21-5-7-22(8-6-21)19(26)13-10-16(23)18(24)17(11-13)25-2/h3-4,9-11,23-24H,5-8H2,1-2H3. The zero-order valence-corrected chi connectivity index (χ0v) is 16.3. The topological polar surface area (TPSA) is 56.2 Å². The number of methoxy groups -OCH3 is 1. The molecule has 2 N–H and O–H groups in total. The molecule has 138 valence electrons. The first-order chi connectivity index (χ1) is 12.4. The Balaban J connectivity index is 1.72. The monoisotopic (exact) mass is 392 g/mol. The van der Waals surface area contributed by atoms with Gasteiger partial charge in [0.2, 0.25) is 5.75 Å². The van der Waals surface area contributed by atoms with Crippen molar-refractivity contribution in [1.82, 2.24) is 4.90 Å². The molecular weight excluding hydrogens is 372 g/mol. The number of phenolic OH excluding ortho intramolecular Hbond substituents is 2. The third kappa shape index (κ3) is 3.66. The number of phenols is 2. The summed E-state index contributed by atoms with van der Waals surface area (Å²) in [5.74, 6) is -0.322. The molecule has 0 spiro atoms. The Morgan fingerprint density at radius 3 is 2.42 bits per heavy atom. The molecular formula is C19H21ClN2O3S. The van der Waals surface area contributed by atoms with Gasteiger partial charge in [0.05, 0.1) is 17.8 Å². The SMILES string of the molecule is COc1cc(C(=S)N2CCN(c3ccc(C)cc3Cl)CC2)cc(O)c1O. The highest BCUT2D eigenvalue weighted by molar-refractivity contribution is 7.80. The normalized spacial score (nSPS) is 14.4. The van der Waals surface area contributed by atoms with Gasteiger partial charge in [-0.15, -0.1) is 0 Å². The third-order valence-electron chi connectivity index (χ3n) is 4.53. The Labute approximate surface area is 163 Å². The average Bonchev–Trinajstić information content (AvgIpc) is 2.63. The van der Waals surface area contributed by atoms with Gasteiger partial charge < -0.3 is 24.7 Å². The molecule has 3 rings (SSSR count). The van der Waals surface area contributed by atoms with Crippen molar-refractivity contribution in [3.8, 4) is 17.2 Å². The predicted octanol–water partition coefficient (Wildman–Crippen LogP) is 3.57. The van der Waals surface area contributed by atoms with Crippen LogP contribution in [-0.4, -0.2) is 53.4 Å². The van der Waals surface area contributed by atoms with Gasteiger partial charge in [-0.2, -0.15) is 0 Å². The number of benzene rings is 2. The van der Waals surface area contributed by atoms with E-state index in [4.69, 9.17) is 28.6 Å². The van der Waals surface area contributed by atoms with Gasteiger partial charge >= 0.3 is 0 Å². The molecule has 2 aromatic rings. The van der Waals surface area contributed by atoms with Crippen LogP contribution in [0.2, 0.25) is 5.02 Å². The van der Waals surface area contributed by atoms with E-state index in [1.54, 1.807) is 6.07 Å². The number of anilines is 1. The van der Waals surface area contributed by atoms with E-state index in [9.17, 15) is 10.2 Å². The van der Waals surface area contributed by atoms with Crippen LogP contribution in [0, 0.1) is 6.92 Å². The second-order valence-electron chi connectivity index (χ2n) is 6.28. The average molecular weight is 393 g/mol. The van der Waals surface area contributed by atoms with Crippen molar-refractivity contribution < 1.29 is 14.9 Å². The summed E-state index contributed by atoms with van der Waals surface area (Å²) in [4.78, 5) is 4.95. The van der Waals surface area contributed by atoms with E-state index in [1.807, 2.05) is 13.0 Å². The molecule has 0 bridgehead atoms. The van der Waals surface area contributed by atoms with Crippen molar-refractivity contribution in [3.05, 3.63) is 46.5 Å². The molecule has 0 aliphatic carbocycles. The molecule has 0 saturated carbocycles. The maximum atomic E-state index is 9.87. The van der Waals surface area contributed by atoms with Crippen LogP contribution >= 0.6 is 23.8 Å². The van der Waals surface area contributed by atoms with Crippen LogP contribution in [0.4, 0.5) is 5.69 Å². The molecule has 7 heteroatoms. The smallest absolute Gasteiger partial charge is 0.200 e. The van der Waals surface area contributed by atoms with Gasteiger partial charge in [-0.1, -0.05) is 29.9 Å². The van der Waals surface area contributed by atoms with Crippen molar-refractivity contribution in [2.75, 3.05) is 38.2 Å². The maximum Gasteiger partial charge on any atom is 0.200 e. The Morgan fingerprint density at radius 1 is 1.12 bits per heavy atom. The van der Waals surface area contributed by atoms with Crippen LogP contribution in [0.25, 0.3) is 0 Å². The van der Waals surface area contributed by atoms with Crippen LogP contribution in [0.15, 0.2) is 30.3 Å². The van der Waals surface area contributed by atoms with E-state index in [0.29, 0.717) is 10.6 Å². The summed E-state index contributed by atoms with van der Waals surface area (Å²) in [6.45, 7) is 5.10. The van der Waals surface area contributed by atoms with Gasteiger partial charge in [-0.05, 0) is 36.8 Å². The first-order valence-corrected chi connectivity index (χ1v) is 9.09. The van der Waals surface area contributed by atoms with Gasteiger partial charge in [0.25, 0.3) is 0 Å². The maximum absolute atomic E-state index is 9.87. The van der Waals surface area contributed by atoms with E-state index >= 15 is 0 Å². The zero-order chi connectivity index (χ0) is 18.8. The van der Waals surface area contributed by atoms with Gasteiger partial charge in [-0.25, -0.2) is 0 Å². The summed E-state index contributed by atoms with van der Waals surface area (Å²) in [7, 11) is 1.44. The molecule has 1 fully saturated rings. The Kier molecular flexibility index (Phi) is 5.44. The summed E-state index contributed by atoms with van der Waals surface area (Å²) >= 11 is 12.0. The summed E-state index contributed by atoms with van der Waals surface area (Å²) in [6, 6.07) is 9.18. The van der Waals surface area contributed by atoms with Gasteiger partial charge in [0.15, 0.2) is 11.5 Å². The minimum atomic E-state index is -0.280. The molecule has 0 atom stereocenters. The molecule has 2 aromatic carbocycles. The highest BCUT2D eigenvalue weighted by atomic mass is 35.5. The summed E-state index contributed by atoms with van der Waals surface area (Å²) in [6.07, 6.45) is 0. The highest BCUT2D eigenvalue weighted by Crippen LogP contribution is 2.37. The first-order valence-electron chi connectivity index (χ1n) is 8.31. The number of hydrogen-bond donors (Lipinski definition) is 2. The van der Waals surface area contributed by atoms with Crippen LogP contribution in [0.3, 0.4) is 0 Å². The van der Waals surface area contributed by atoms with E-state index in [2.05, 4.69) is 21.9 Å². The molecule has 0 unspecified atom stereocenters.